The molecule has 1 aliphatic carbocycles. The van der Waals surface area contributed by atoms with Crippen molar-refractivity contribution in [2.45, 2.75) is 12.8 Å². The van der Waals surface area contributed by atoms with Crippen molar-refractivity contribution in [2.75, 3.05) is 0 Å². The number of thioether (sulfide) groups is 1. The zero-order valence-corrected chi connectivity index (χ0v) is 8.88. The van der Waals surface area contributed by atoms with Gasteiger partial charge in [0.05, 0.1) is 0 Å². The Morgan fingerprint density at radius 2 is 2.13 bits per heavy atom. The number of hydrogen-bond donors (Lipinski definition) is 0. The molecule has 0 saturated carbocycles. The molecule has 0 bridgehead atoms. The van der Waals surface area contributed by atoms with Crippen molar-refractivity contribution in [1.82, 2.24) is 0 Å². The lowest BCUT2D eigenvalue weighted by Crippen LogP contribution is -2.03. The fraction of sp³-hybridized carbons (Fsp3) is 0.167. The van der Waals surface area contributed by atoms with E-state index in [1.165, 1.54) is 5.56 Å². The van der Waals surface area contributed by atoms with E-state index in [0.29, 0.717) is 5.57 Å². The van der Waals surface area contributed by atoms with Crippen LogP contribution in [0.25, 0.3) is 5.57 Å². The maximum Gasteiger partial charge on any atom is 0.151 e. The van der Waals surface area contributed by atoms with Crippen molar-refractivity contribution in [3.05, 3.63) is 40.3 Å². The van der Waals surface area contributed by atoms with E-state index in [9.17, 15) is 4.79 Å². The summed E-state index contributed by atoms with van der Waals surface area (Å²) in [6.07, 6.45) is 2.57. The molecule has 2 nitrogen and oxygen atoms in total. The van der Waals surface area contributed by atoms with E-state index < -0.39 is 0 Å². The number of thiocyanates is 1. The minimum atomic E-state index is 0.684. The van der Waals surface area contributed by atoms with E-state index in [4.69, 9.17) is 5.26 Å². The van der Waals surface area contributed by atoms with Gasteiger partial charge in [0.2, 0.25) is 0 Å². The molecule has 0 spiro atoms. The minimum Gasteiger partial charge on any atom is -0.298 e. The van der Waals surface area contributed by atoms with Crippen LogP contribution in [-0.2, 0) is 11.2 Å². The largest absolute Gasteiger partial charge is 0.298 e. The molecule has 15 heavy (non-hydrogen) atoms. The van der Waals surface area contributed by atoms with Crippen LogP contribution in [0.15, 0.2) is 29.2 Å². The predicted octanol–water partition coefficient (Wildman–Crippen LogP) is 2.76. The molecule has 0 radical (unpaired) electrons. The number of rotatable bonds is 2. The quantitative estimate of drug-likeness (QED) is 0.562. The molecule has 0 aliphatic heterocycles. The highest BCUT2D eigenvalue weighted by Gasteiger charge is 2.18. The number of allylic oxidation sites excluding steroid dienone is 2. The first-order chi connectivity index (χ1) is 7.36. The van der Waals surface area contributed by atoms with Gasteiger partial charge in [-0.1, -0.05) is 24.3 Å². The molecule has 0 atom stereocenters. The standard InChI is InChI=1S/C12H9NOS/c13-8-15-12-6-5-9-3-1-2-4-10(9)11(12)7-14/h1-4,7H,5-6H2. The van der Waals surface area contributed by atoms with Gasteiger partial charge in [-0.15, -0.1) is 0 Å². The van der Waals surface area contributed by atoms with Gasteiger partial charge < -0.3 is 0 Å². The molecule has 74 valence electrons. The topological polar surface area (TPSA) is 40.9 Å². The van der Waals surface area contributed by atoms with Crippen LogP contribution in [0, 0.1) is 10.7 Å². The second kappa shape index (κ2) is 4.33. The molecule has 0 unspecified atom stereocenters. The molecule has 2 rings (SSSR count). The molecule has 0 amide bonds. The smallest absolute Gasteiger partial charge is 0.151 e. The maximum atomic E-state index is 11.0. The second-order valence-electron chi connectivity index (χ2n) is 3.31. The SMILES string of the molecule is N#CSC1=C(C=O)c2ccccc2CC1. The molecule has 0 aromatic heterocycles. The van der Waals surface area contributed by atoms with Crippen LogP contribution in [0.4, 0.5) is 0 Å². The fourth-order valence-electron chi connectivity index (χ4n) is 1.82. The molecule has 0 N–H and O–H groups in total. The average Bonchev–Trinajstić information content (AvgIpc) is 2.29. The highest BCUT2D eigenvalue weighted by atomic mass is 32.2. The number of aryl methyl sites for hydroxylation is 1. The summed E-state index contributed by atoms with van der Waals surface area (Å²) in [7, 11) is 0. The number of fused-ring (bicyclic) bond motifs is 1. The minimum absolute atomic E-state index is 0.684. The third-order valence-corrected chi connectivity index (χ3v) is 3.28. The number of nitrogens with zero attached hydrogens (tertiary/aromatic N) is 1. The normalized spacial score (nSPS) is 14.3. The van der Waals surface area contributed by atoms with Crippen molar-refractivity contribution in [3.8, 4) is 5.40 Å². The first-order valence-electron chi connectivity index (χ1n) is 4.69. The number of carbonyl (C=O) groups is 1. The first-order valence-corrected chi connectivity index (χ1v) is 5.51. The van der Waals surface area contributed by atoms with Crippen LogP contribution in [0.5, 0.6) is 0 Å². The zero-order valence-electron chi connectivity index (χ0n) is 8.06. The fourth-order valence-corrected chi connectivity index (χ4v) is 2.41. The Morgan fingerprint density at radius 1 is 1.33 bits per heavy atom. The van der Waals surface area contributed by atoms with Crippen molar-refractivity contribution in [3.63, 3.8) is 0 Å². The number of aldehydes is 1. The molecule has 0 saturated heterocycles. The van der Waals surface area contributed by atoms with E-state index in [2.05, 4.69) is 0 Å². The highest BCUT2D eigenvalue weighted by molar-refractivity contribution is 8.07. The van der Waals surface area contributed by atoms with Crippen molar-refractivity contribution >= 4 is 23.6 Å². The monoisotopic (exact) mass is 215 g/mol. The summed E-state index contributed by atoms with van der Waals surface area (Å²) in [5.74, 6) is 0. The van der Waals surface area contributed by atoms with Crippen LogP contribution < -0.4 is 0 Å². The first kappa shape index (κ1) is 10.0. The van der Waals surface area contributed by atoms with E-state index in [1.54, 1.807) is 0 Å². The molecular formula is C12H9NOS. The molecule has 1 aliphatic rings. The Kier molecular flexibility index (Phi) is 2.89. The van der Waals surface area contributed by atoms with Gasteiger partial charge in [0.15, 0.2) is 6.29 Å². The molecular weight excluding hydrogens is 206 g/mol. The number of carbonyl (C=O) groups excluding carboxylic acids is 1. The summed E-state index contributed by atoms with van der Waals surface area (Å²) in [6.45, 7) is 0. The van der Waals surface area contributed by atoms with E-state index in [-0.39, 0.29) is 0 Å². The molecule has 0 fully saturated rings. The zero-order chi connectivity index (χ0) is 10.7. The predicted molar refractivity (Wildman–Crippen MR) is 61.0 cm³/mol. The number of benzene rings is 1. The van der Waals surface area contributed by atoms with E-state index in [1.807, 2.05) is 29.7 Å². The lowest BCUT2D eigenvalue weighted by atomic mass is 9.91. The van der Waals surface area contributed by atoms with Crippen molar-refractivity contribution < 1.29 is 4.79 Å². The Morgan fingerprint density at radius 3 is 2.87 bits per heavy atom. The van der Waals surface area contributed by atoms with Crippen molar-refractivity contribution in [1.29, 1.82) is 5.26 Å². The van der Waals surface area contributed by atoms with Gasteiger partial charge in [0, 0.05) is 10.5 Å². The van der Waals surface area contributed by atoms with Gasteiger partial charge in [-0.2, -0.15) is 5.26 Å². The third-order valence-electron chi connectivity index (χ3n) is 2.52. The molecule has 1 aromatic carbocycles. The summed E-state index contributed by atoms with van der Waals surface area (Å²) in [6, 6.07) is 7.87. The van der Waals surface area contributed by atoms with Gasteiger partial charge in [0.1, 0.15) is 5.40 Å². The molecule has 0 heterocycles. The Labute approximate surface area is 92.6 Å². The van der Waals surface area contributed by atoms with E-state index >= 15 is 0 Å². The van der Waals surface area contributed by atoms with Gasteiger partial charge >= 0.3 is 0 Å². The van der Waals surface area contributed by atoms with Crippen LogP contribution in [-0.4, -0.2) is 6.29 Å². The van der Waals surface area contributed by atoms with E-state index in [0.717, 1.165) is 41.4 Å². The summed E-state index contributed by atoms with van der Waals surface area (Å²) in [4.78, 5) is 11.9. The molecule has 1 aromatic rings. The number of hydrogen-bond acceptors (Lipinski definition) is 3. The summed E-state index contributed by atoms with van der Waals surface area (Å²) in [5.41, 5.74) is 2.86. The highest BCUT2D eigenvalue weighted by Crippen LogP contribution is 2.35. The summed E-state index contributed by atoms with van der Waals surface area (Å²) >= 11 is 1.10. The average molecular weight is 215 g/mol. The van der Waals surface area contributed by atoms with Gasteiger partial charge in [0.25, 0.3) is 0 Å². The van der Waals surface area contributed by atoms with Crippen molar-refractivity contribution in [2.24, 2.45) is 0 Å². The molecule has 3 heteroatoms. The third kappa shape index (κ3) is 1.81. The maximum absolute atomic E-state index is 11.0. The van der Waals surface area contributed by atoms with Gasteiger partial charge in [-0.3, -0.25) is 4.79 Å². The Balaban J connectivity index is 2.54. The summed E-state index contributed by atoms with van der Waals surface area (Å²) < 4.78 is 0. The van der Waals surface area contributed by atoms with Crippen LogP contribution in [0.3, 0.4) is 0 Å². The second-order valence-corrected chi connectivity index (χ2v) is 4.18. The summed E-state index contributed by atoms with van der Waals surface area (Å²) in [5, 5.41) is 10.7. The Bertz CT molecular complexity index is 471. The van der Waals surface area contributed by atoms with Crippen LogP contribution in [0.2, 0.25) is 0 Å². The lowest BCUT2D eigenvalue weighted by molar-refractivity contribution is -0.103. The van der Waals surface area contributed by atoms with Crippen LogP contribution >= 0.6 is 11.8 Å². The van der Waals surface area contributed by atoms with Gasteiger partial charge in [-0.25, -0.2) is 0 Å². The number of nitriles is 1. The van der Waals surface area contributed by atoms with Crippen LogP contribution in [0.1, 0.15) is 17.5 Å². The lowest BCUT2D eigenvalue weighted by Gasteiger charge is -2.17. The Hall–Kier alpha value is -1.53. The van der Waals surface area contributed by atoms with Gasteiger partial charge in [-0.05, 0) is 35.7 Å².